The molecule has 0 bridgehead atoms. The summed E-state index contributed by atoms with van der Waals surface area (Å²) in [6.45, 7) is 1.57. The van der Waals surface area contributed by atoms with Gasteiger partial charge in [-0.3, -0.25) is 4.79 Å². The van der Waals surface area contributed by atoms with Crippen LogP contribution in [0, 0.1) is 0 Å². The molecule has 0 aliphatic heterocycles. The highest BCUT2D eigenvalue weighted by atomic mass is 16.1. The van der Waals surface area contributed by atoms with Gasteiger partial charge in [0.25, 0.3) is 0 Å². The Bertz CT molecular complexity index is 1220. The van der Waals surface area contributed by atoms with Gasteiger partial charge in [-0.05, 0) is 43.4 Å². The number of hydrogen-bond acceptors (Lipinski definition) is 6. The van der Waals surface area contributed by atoms with Crippen LogP contribution in [-0.4, -0.2) is 47.9 Å². The van der Waals surface area contributed by atoms with Crippen LogP contribution in [-0.2, 0) is 11.8 Å². The third-order valence-electron chi connectivity index (χ3n) is 5.82. The van der Waals surface area contributed by atoms with Gasteiger partial charge in [0.1, 0.15) is 11.2 Å². The number of amides is 1. The maximum Gasteiger partial charge on any atom is 0.224 e. The van der Waals surface area contributed by atoms with Gasteiger partial charge in [0.15, 0.2) is 0 Å². The van der Waals surface area contributed by atoms with Crippen LogP contribution in [0.2, 0.25) is 0 Å². The number of aromatic amines is 1. The van der Waals surface area contributed by atoms with Crippen molar-refractivity contribution in [3.8, 4) is 11.1 Å². The number of rotatable bonds is 4. The van der Waals surface area contributed by atoms with Crippen LogP contribution in [0.4, 0.5) is 5.95 Å². The molecule has 3 aromatic heterocycles. The van der Waals surface area contributed by atoms with Gasteiger partial charge in [0, 0.05) is 49.4 Å². The quantitative estimate of drug-likeness (QED) is 0.482. The Morgan fingerprint density at radius 3 is 2.80 bits per heavy atom. The number of nitrogens with zero attached hydrogens (tertiary/aromatic N) is 5. The van der Waals surface area contributed by atoms with Crippen molar-refractivity contribution in [1.82, 2.24) is 35.3 Å². The van der Waals surface area contributed by atoms with E-state index in [1.807, 2.05) is 31.6 Å². The summed E-state index contributed by atoms with van der Waals surface area (Å²) in [5.41, 5.74) is 4.78. The Labute approximate surface area is 173 Å². The first-order chi connectivity index (χ1) is 14.6. The van der Waals surface area contributed by atoms with Crippen LogP contribution < -0.4 is 10.6 Å². The molecule has 0 saturated heterocycles. The van der Waals surface area contributed by atoms with Gasteiger partial charge in [-0.15, -0.1) is 5.10 Å². The lowest BCUT2D eigenvalue weighted by atomic mass is 9.91. The SMILES string of the molecule is CC(=O)N[C@H]1CC[C@H](Nc2ncc3c(-c4ccc5nnn(C)c5c4)c[nH]c3n2)CC1. The lowest BCUT2D eigenvalue weighted by molar-refractivity contribution is -0.119. The Balaban J connectivity index is 1.34. The van der Waals surface area contributed by atoms with Crippen LogP contribution >= 0.6 is 0 Å². The maximum absolute atomic E-state index is 11.2. The van der Waals surface area contributed by atoms with Gasteiger partial charge in [-0.2, -0.15) is 4.98 Å². The third-order valence-corrected chi connectivity index (χ3v) is 5.82. The summed E-state index contributed by atoms with van der Waals surface area (Å²) in [7, 11) is 1.89. The number of carbonyl (C=O) groups excluding carboxylic acids is 1. The standard InChI is InChI=1S/C21H24N8O/c1-12(30)24-14-4-6-15(7-5-14)25-21-23-11-17-16(10-22-20(17)26-21)13-3-8-18-19(9-13)29(2)28-27-18/h3,8-11,14-15H,4-7H2,1-2H3,(H,24,30)(H2,22,23,25,26)/t14-,15-. The summed E-state index contributed by atoms with van der Waals surface area (Å²) < 4.78 is 1.77. The van der Waals surface area contributed by atoms with Crippen LogP contribution in [0.5, 0.6) is 0 Å². The molecule has 1 amide bonds. The summed E-state index contributed by atoms with van der Waals surface area (Å²) in [5, 5.41) is 15.6. The van der Waals surface area contributed by atoms with E-state index in [0.29, 0.717) is 12.0 Å². The van der Waals surface area contributed by atoms with E-state index in [-0.39, 0.29) is 11.9 Å². The minimum absolute atomic E-state index is 0.0431. The molecular formula is C21H24N8O. The molecular weight excluding hydrogens is 380 g/mol. The predicted octanol–water partition coefficient (Wildman–Crippen LogP) is 2.77. The summed E-state index contributed by atoms with van der Waals surface area (Å²) in [6, 6.07) is 6.70. The van der Waals surface area contributed by atoms with E-state index in [4.69, 9.17) is 0 Å². The number of nitrogens with one attached hydrogen (secondary N) is 3. The first kappa shape index (κ1) is 18.5. The Kier molecular flexibility index (Phi) is 4.57. The van der Waals surface area contributed by atoms with Gasteiger partial charge < -0.3 is 15.6 Å². The predicted molar refractivity (Wildman–Crippen MR) is 115 cm³/mol. The van der Waals surface area contributed by atoms with Gasteiger partial charge in [0.2, 0.25) is 11.9 Å². The topological polar surface area (TPSA) is 113 Å². The molecule has 0 atom stereocenters. The molecule has 30 heavy (non-hydrogen) atoms. The first-order valence-corrected chi connectivity index (χ1v) is 10.2. The van der Waals surface area contributed by atoms with Crippen molar-refractivity contribution in [2.45, 2.75) is 44.7 Å². The summed E-state index contributed by atoms with van der Waals surface area (Å²) in [5.74, 6) is 0.673. The summed E-state index contributed by atoms with van der Waals surface area (Å²) >= 11 is 0. The normalized spacial score (nSPS) is 19.3. The average molecular weight is 404 g/mol. The van der Waals surface area contributed by atoms with E-state index >= 15 is 0 Å². The van der Waals surface area contributed by atoms with E-state index in [1.165, 1.54) is 0 Å². The molecule has 0 spiro atoms. The minimum atomic E-state index is 0.0431. The number of fused-ring (bicyclic) bond motifs is 2. The van der Waals surface area contributed by atoms with Gasteiger partial charge in [-0.1, -0.05) is 11.3 Å². The lowest BCUT2D eigenvalue weighted by Gasteiger charge is -2.29. The zero-order chi connectivity index (χ0) is 20.7. The van der Waals surface area contributed by atoms with Crippen molar-refractivity contribution >= 4 is 33.9 Å². The summed E-state index contributed by atoms with van der Waals surface area (Å²) in [4.78, 5) is 23.7. The second kappa shape index (κ2) is 7.40. The van der Waals surface area contributed by atoms with Crippen LogP contribution in [0.25, 0.3) is 33.2 Å². The zero-order valence-corrected chi connectivity index (χ0v) is 17.0. The van der Waals surface area contributed by atoms with Crippen molar-refractivity contribution in [3.63, 3.8) is 0 Å². The Hall–Kier alpha value is -3.49. The molecule has 1 aliphatic carbocycles. The molecule has 3 N–H and O–H groups in total. The Morgan fingerprint density at radius 2 is 2.00 bits per heavy atom. The van der Waals surface area contributed by atoms with Crippen LogP contribution in [0.1, 0.15) is 32.6 Å². The highest BCUT2D eigenvalue weighted by molar-refractivity contribution is 5.95. The molecule has 9 heteroatoms. The number of aryl methyl sites for hydroxylation is 1. The second-order valence-corrected chi connectivity index (χ2v) is 7.97. The van der Waals surface area contributed by atoms with Crippen LogP contribution in [0.15, 0.2) is 30.6 Å². The summed E-state index contributed by atoms with van der Waals surface area (Å²) in [6.07, 6.45) is 7.75. The minimum Gasteiger partial charge on any atom is -0.354 e. The molecule has 0 radical (unpaired) electrons. The van der Waals surface area contributed by atoms with Gasteiger partial charge >= 0.3 is 0 Å². The number of hydrogen-bond donors (Lipinski definition) is 3. The number of carbonyl (C=O) groups is 1. The van der Waals surface area contributed by atoms with E-state index < -0.39 is 0 Å². The van der Waals surface area contributed by atoms with E-state index in [1.54, 1.807) is 11.6 Å². The molecule has 0 unspecified atom stereocenters. The fourth-order valence-electron chi connectivity index (χ4n) is 4.27. The Morgan fingerprint density at radius 1 is 1.20 bits per heavy atom. The highest BCUT2D eigenvalue weighted by Gasteiger charge is 2.22. The molecule has 1 fully saturated rings. The molecule has 1 aliphatic rings. The van der Waals surface area contributed by atoms with Crippen molar-refractivity contribution in [2.24, 2.45) is 7.05 Å². The average Bonchev–Trinajstić information content (AvgIpc) is 3.32. The monoisotopic (exact) mass is 404 g/mol. The molecule has 1 saturated carbocycles. The van der Waals surface area contributed by atoms with Crippen molar-refractivity contribution in [3.05, 3.63) is 30.6 Å². The van der Waals surface area contributed by atoms with Crippen molar-refractivity contribution in [1.29, 1.82) is 0 Å². The number of H-pyrrole nitrogens is 1. The van der Waals surface area contributed by atoms with Gasteiger partial charge in [0.05, 0.1) is 5.52 Å². The fourth-order valence-corrected chi connectivity index (χ4v) is 4.27. The van der Waals surface area contributed by atoms with Crippen LogP contribution in [0.3, 0.4) is 0 Å². The van der Waals surface area contributed by atoms with Crippen molar-refractivity contribution in [2.75, 3.05) is 5.32 Å². The highest BCUT2D eigenvalue weighted by Crippen LogP contribution is 2.30. The molecule has 1 aromatic carbocycles. The second-order valence-electron chi connectivity index (χ2n) is 7.97. The largest absolute Gasteiger partial charge is 0.354 e. The van der Waals surface area contributed by atoms with E-state index in [9.17, 15) is 4.79 Å². The molecule has 154 valence electrons. The molecule has 5 rings (SSSR count). The molecule has 3 heterocycles. The third kappa shape index (κ3) is 3.47. The maximum atomic E-state index is 11.2. The number of benzene rings is 1. The molecule has 9 nitrogen and oxygen atoms in total. The van der Waals surface area contributed by atoms with Gasteiger partial charge in [-0.25, -0.2) is 9.67 Å². The van der Waals surface area contributed by atoms with Crippen molar-refractivity contribution < 1.29 is 4.79 Å². The van der Waals surface area contributed by atoms with E-state index in [2.05, 4.69) is 42.0 Å². The number of aromatic nitrogens is 6. The first-order valence-electron chi connectivity index (χ1n) is 10.2. The smallest absolute Gasteiger partial charge is 0.224 e. The zero-order valence-electron chi connectivity index (χ0n) is 17.0. The molecule has 4 aromatic rings. The van der Waals surface area contributed by atoms with E-state index in [0.717, 1.165) is 58.9 Å². The number of anilines is 1. The lowest BCUT2D eigenvalue weighted by Crippen LogP contribution is -2.39. The fraction of sp³-hybridized carbons (Fsp3) is 0.381.